The number of halogens is 1. The Morgan fingerprint density at radius 3 is 2.70 bits per heavy atom. The first kappa shape index (κ1) is 15.3. The summed E-state index contributed by atoms with van der Waals surface area (Å²) in [7, 11) is 0. The van der Waals surface area contributed by atoms with E-state index in [1.807, 2.05) is 0 Å². The Balaban J connectivity index is 1.92. The maximum Gasteiger partial charge on any atom is 0.274 e. The van der Waals surface area contributed by atoms with Crippen molar-refractivity contribution in [1.82, 2.24) is 10.6 Å². The molecule has 3 rings (SSSR count). The molecule has 1 amide bonds. The minimum absolute atomic E-state index is 0.0861. The van der Waals surface area contributed by atoms with Gasteiger partial charge in [0.05, 0.1) is 5.97 Å². The summed E-state index contributed by atoms with van der Waals surface area (Å²) in [5, 5.41) is 16.5. The zero-order valence-corrected chi connectivity index (χ0v) is 13.0. The lowest BCUT2D eigenvalue weighted by molar-refractivity contribution is -0.255. The van der Waals surface area contributed by atoms with Gasteiger partial charge in [-0.05, 0) is 42.5 Å². The molecule has 1 aliphatic rings. The molecule has 1 aliphatic heterocycles. The maximum atomic E-state index is 11.6. The second-order valence-electron chi connectivity index (χ2n) is 4.65. The van der Waals surface area contributed by atoms with Gasteiger partial charge in [-0.15, -0.1) is 0 Å². The molecule has 1 aromatic heterocycles. The summed E-state index contributed by atoms with van der Waals surface area (Å²) in [6.07, 6.45) is 1.49. The summed E-state index contributed by atoms with van der Waals surface area (Å²) >= 11 is 10.6. The van der Waals surface area contributed by atoms with Crippen LogP contribution in [0.4, 0.5) is 0 Å². The van der Waals surface area contributed by atoms with E-state index in [4.69, 9.17) is 28.2 Å². The highest BCUT2D eigenvalue weighted by Crippen LogP contribution is 2.27. The Morgan fingerprint density at radius 2 is 2.04 bits per heavy atom. The molecule has 0 aliphatic carbocycles. The van der Waals surface area contributed by atoms with Gasteiger partial charge in [0.15, 0.2) is 5.11 Å². The Kier molecular flexibility index (Phi) is 3.89. The van der Waals surface area contributed by atoms with E-state index in [1.165, 1.54) is 18.2 Å². The molecule has 116 valence electrons. The van der Waals surface area contributed by atoms with Crippen LogP contribution in [0.3, 0.4) is 0 Å². The number of furan rings is 1. The fourth-order valence-electron chi connectivity index (χ4n) is 2.05. The fourth-order valence-corrected chi connectivity index (χ4v) is 2.44. The third kappa shape index (κ3) is 3.10. The molecule has 1 aromatic carbocycles. The van der Waals surface area contributed by atoms with Crippen molar-refractivity contribution in [1.29, 1.82) is 0 Å². The largest absolute Gasteiger partial charge is 0.545 e. The lowest BCUT2D eigenvalue weighted by Gasteiger charge is -2.06. The number of hydrogen-bond donors (Lipinski definition) is 2. The maximum absolute atomic E-state index is 11.6. The molecule has 2 heterocycles. The van der Waals surface area contributed by atoms with Crippen LogP contribution >= 0.6 is 23.8 Å². The fraction of sp³-hybridized carbons (Fsp3) is 0. The highest BCUT2D eigenvalue weighted by molar-refractivity contribution is 7.80. The Bertz CT molecular complexity index is 872. The molecule has 0 unspecified atom stereocenters. The predicted molar refractivity (Wildman–Crippen MR) is 85.3 cm³/mol. The van der Waals surface area contributed by atoms with Crippen molar-refractivity contribution in [3.05, 3.63) is 52.4 Å². The lowest BCUT2D eigenvalue weighted by atomic mass is 10.1. The zero-order valence-electron chi connectivity index (χ0n) is 11.4. The first-order valence-corrected chi connectivity index (χ1v) is 7.18. The third-order valence-corrected chi connectivity index (χ3v) is 3.64. The second kappa shape index (κ2) is 5.86. The minimum atomic E-state index is -1.37. The molecule has 1 saturated heterocycles. The molecule has 2 aromatic rings. The van der Waals surface area contributed by atoms with Crippen LogP contribution in [0.25, 0.3) is 17.4 Å². The lowest BCUT2D eigenvalue weighted by Crippen LogP contribution is -2.22. The van der Waals surface area contributed by atoms with Gasteiger partial charge in [-0.1, -0.05) is 11.6 Å². The number of nitrogens with one attached hydrogen (secondary N) is 2. The zero-order chi connectivity index (χ0) is 16.6. The van der Waals surface area contributed by atoms with E-state index < -0.39 is 5.97 Å². The van der Waals surface area contributed by atoms with Crippen LogP contribution in [-0.4, -0.2) is 17.0 Å². The molecule has 0 bridgehead atoms. The van der Waals surface area contributed by atoms with Crippen molar-refractivity contribution in [2.75, 3.05) is 0 Å². The van der Waals surface area contributed by atoms with Crippen LogP contribution in [-0.2, 0) is 4.79 Å². The molecule has 2 N–H and O–H groups in total. The van der Waals surface area contributed by atoms with Crippen molar-refractivity contribution in [3.63, 3.8) is 0 Å². The summed E-state index contributed by atoms with van der Waals surface area (Å²) in [6, 6.07) is 7.74. The molecular formula is C15H8ClN2O4S-. The van der Waals surface area contributed by atoms with E-state index in [2.05, 4.69) is 10.6 Å². The van der Waals surface area contributed by atoms with Gasteiger partial charge in [0.1, 0.15) is 17.2 Å². The number of benzene rings is 1. The second-order valence-corrected chi connectivity index (χ2v) is 5.47. The van der Waals surface area contributed by atoms with Gasteiger partial charge in [0, 0.05) is 22.2 Å². The van der Waals surface area contributed by atoms with Gasteiger partial charge < -0.3 is 19.6 Å². The average molecular weight is 348 g/mol. The summed E-state index contributed by atoms with van der Waals surface area (Å²) in [4.78, 5) is 22.6. The predicted octanol–water partition coefficient (Wildman–Crippen LogP) is 1.31. The number of carbonyl (C=O) groups is 2. The first-order chi connectivity index (χ1) is 10.9. The topological polar surface area (TPSA) is 94.4 Å². The van der Waals surface area contributed by atoms with Crippen molar-refractivity contribution in [2.45, 2.75) is 0 Å². The number of rotatable bonds is 3. The van der Waals surface area contributed by atoms with Crippen molar-refractivity contribution < 1.29 is 19.1 Å². The monoisotopic (exact) mass is 347 g/mol. The smallest absolute Gasteiger partial charge is 0.274 e. The minimum Gasteiger partial charge on any atom is -0.545 e. The van der Waals surface area contributed by atoms with Crippen LogP contribution in [0, 0.1) is 0 Å². The van der Waals surface area contributed by atoms with E-state index >= 15 is 0 Å². The van der Waals surface area contributed by atoms with Crippen LogP contribution in [0.2, 0.25) is 5.02 Å². The molecule has 6 nitrogen and oxygen atoms in total. The van der Waals surface area contributed by atoms with Crippen LogP contribution < -0.4 is 15.7 Å². The highest BCUT2D eigenvalue weighted by Gasteiger charge is 2.20. The molecule has 23 heavy (non-hydrogen) atoms. The van der Waals surface area contributed by atoms with Crippen LogP contribution in [0.1, 0.15) is 16.1 Å². The number of aromatic carboxylic acids is 1. The Morgan fingerprint density at radius 1 is 1.26 bits per heavy atom. The quantitative estimate of drug-likeness (QED) is 0.642. The summed E-state index contributed by atoms with van der Waals surface area (Å²) in [5.74, 6) is -0.880. The number of carboxylic acid groups (broad SMARTS) is 1. The first-order valence-electron chi connectivity index (χ1n) is 6.39. The van der Waals surface area contributed by atoms with Gasteiger partial charge in [0.25, 0.3) is 5.91 Å². The van der Waals surface area contributed by atoms with Gasteiger partial charge >= 0.3 is 0 Å². The molecule has 0 spiro atoms. The number of carbonyl (C=O) groups excluding carboxylic acids is 2. The number of hydrogen-bond acceptors (Lipinski definition) is 5. The number of amides is 1. The summed E-state index contributed by atoms with van der Waals surface area (Å²) < 4.78 is 5.59. The SMILES string of the molecule is O=C1NC(=S)N/C1=C/c1ccc(-c2ccc(Cl)c(C(=O)[O-])c2)o1. The molecular weight excluding hydrogens is 340 g/mol. The normalized spacial score (nSPS) is 15.6. The molecule has 0 atom stereocenters. The standard InChI is InChI=1S/C15H9ClN2O4S/c16-10-3-1-7(5-9(10)14(20)21)12-4-2-8(22-12)6-11-13(19)18-15(23)17-11/h1-6H,(H,20,21)(H2,17,18,19,23)/p-1/b11-6+. The van der Waals surface area contributed by atoms with Crippen molar-refractivity contribution >= 4 is 46.9 Å². The molecule has 0 saturated carbocycles. The number of thiocarbonyl (C=S) groups is 1. The van der Waals surface area contributed by atoms with E-state index in [1.54, 1.807) is 18.2 Å². The molecule has 0 radical (unpaired) electrons. The third-order valence-electron chi connectivity index (χ3n) is 3.10. The summed E-state index contributed by atoms with van der Waals surface area (Å²) in [5.41, 5.74) is 0.669. The number of carboxylic acids is 1. The van der Waals surface area contributed by atoms with E-state index in [0.29, 0.717) is 17.1 Å². The van der Waals surface area contributed by atoms with Crippen molar-refractivity contribution in [2.24, 2.45) is 0 Å². The van der Waals surface area contributed by atoms with Gasteiger partial charge in [0.2, 0.25) is 0 Å². The highest BCUT2D eigenvalue weighted by atomic mass is 35.5. The van der Waals surface area contributed by atoms with E-state index in [9.17, 15) is 14.7 Å². The molecule has 8 heteroatoms. The average Bonchev–Trinajstić information content (AvgIpc) is 3.06. The Labute approximate surface area is 140 Å². The van der Waals surface area contributed by atoms with E-state index in [-0.39, 0.29) is 27.3 Å². The molecule has 1 fully saturated rings. The van der Waals surface area contributed by atoms with Crippen molar-refractivity contribution in [3.8, 4) is 11.3 Å². The van der Waals surface area contributed by atoms with Gasteiger partial charge in [-0.3, -0.25) is 10.1 Å². The summed E-state index contributed by atoms with van der Waals surface area (Å²) in [6.45, 7) is 0. The van der Waals surface area contributed by atoms with Gasteiger partial charge in [-0.25, -0.2) is 0 Å². The van der Waals surface area contributed by atoms with E-state index in [0.717, 1.165) is 0 Å². The van der Waals surface area contributed by atoms with Crippen LogP contribution in [0.15, 0.2) is 40.4 Å². The van der Waals surface area contributed by atoms with Gasteiger partial charge in [-0.2, -0.15) is 0 Å². The Hall–Kier alpha value is -2.64. The van der Waals surface area contributed by atoms with Crippen LogP contribution in [0.5, 0.6) is 0 Å².